The van der Waals surface area contributed by atoms with E-state index in [-0.39, 0.29) is 5.03 Å². The molecule has 0 aromatic heterocycles. The van der Waals surface area contributed by atoms with Gasteiger partial charge in [0.2, 0.25) is 0 Å². The third kappa shape index (κ3) is 2.76. The first-order chi connectivity index (χ1) is 7.86. The van der Waals surface area contributed by atoms with Crippen LogP contribution in [0.25, 0.3) is 0 Å². The fraction of sp³-hybridized carbons (Fsp3) is 0.100. The number of nitrogens with one attached hydrogen (secondary N) is 1. The van der Waals surface area contributed by atoms with Gasteiger partial charge in [0.05, 0.1) is 10.7 Å². The molecule has 0 unspecified atom stereocenters. The summed E-state index contributed by atoms with van der Waals surface area (Å²) >= 11 is 6.79. The average Bonchev–Trinajstić information content (AvgIpc) is 2.57. The average molecular weight is 280 g/mol. The Hall–Kier alpha value is -1.14. The van der Waals surface area contributed by atoms with Crippen LogP contribution in [0.3, 0.4) is 0 Å². The molecule has 1 aromatic carbocycles. The van der Waals surface area contributed by atoms with E-state index in [1.807, 2.05) is 0 Å². The molecule has 0 saturated heterocycles. The second-order valence-electron chi connectivity index (χ2n) is 3.24. The highest BCUT2D eigenvalue weighted by atomic mass is 35.5. The van der Waals surface area contributed by atoms with Crippen LogP contribution in [0.15, 0.2) is 34.2 Å². The standard InChI is InChI=1S/C10H5ClF3NOS/c11-5-1-2-7-6(3-5)15-9(17-7)4-8(16)10(12,13)14/h1-4,15H/b9-4+. The molecule has 17 heavy (non-hydrogen) atoms. The molecule has 1 aliphatic rings. The van der Waals surface area contributed by atoms with E-state index in [0.29, 0.717) is 16.8 Å². The van der Waals surface area contributed by atoms with Gasteiger partial charge in [-0.15, -0.1) is 0 Å². The Balaban J connectivity index is 2.21. The molecule has 0 fully saturated rings. The SMILES string of the molecule is O=C(/C=C1\Nc2cc(Cl)ccc2S1)C(F)(F)F. The number of alkyl halides is 3. The lowest BCUT2D eigenvalue weighted by atomic mass is 10.3. The van der Waals surface area contributed by atoms with Crippen molar-refractivity contribution in [3.8, 4) is 0 Å². The summed E-state index contributed by atoms with van der Waals surface area (Å²) in [5, 5.41) is 3.31. The zero-order valence-electron chi connectivity index (χ0n) is 8.14. The molecule has 2 rings (SSSR count). The second kappa shape index (κ2) is 4.27. The van der Waals surface area contributed by atoms with Gasteiger partial charge in [-0.3, -0.25) is 4.79 Å². The molecular formula is C10H5ClF3NOS. The van der Waals surface area contributed by atoms with E-state index in [1.165, 1.54) is 0 Å². The molecule has 90 valence electrons. The molecule has 1 N–H and O–H groups in total. The quantitative estimate of drug-likeness (QED) is 0.792. The van der Waals surface area contributed by atoms with Gasteiger partial charge in [0, 0.05) is 16.0 Å². The third-order valence-corrected chi connectivity index (χ3v) is 3.21. The van der Waals surface area contributed by atoms with Gasteiger partial charge in [0.1, 0.15) is 0 Å². The zero-order chi connectivity index (χ0) is 12.6. The van der Waals surface area contributed by atoms with E-state index < -0.39 is 12.0 Å². The maximum atomic E-state index is 12.0. The summed E-state index contributed by atoms with van der Waals surface area (Å²) in [5.41, 5.74) is 0.601. The predicted octanol–water partition coefficient (Wildman–Crippen LogP) is 3.83. The number of carbonyl (C=O) groups excluding carboxylic acids is 1. The summed E-state index contributed by atoms with van der Waals surface area (Å²) in [6.07, 6.45) is -4.31. The Labute approximate surface area is 104 Å². The highest BCUT2D eigenvalue weighted by molar-refractivity contribution is 8.03. The van der Waals surface area contributed by atoms with Gasteiger partial charge in [0.15, 0.2) is 0 Å². The molecule has 1 aliphatic heterocycles. The van der Waals surface area contributed by atoms with Crippen molar-refractivity contribution >= 4 is 34.8 Å². The van der Waals surface area contributed by atoms with Crippen molar-refractivity contribution < 1.29 is 18.0 Å². The minimum absolute atomic E-state index is 0.143. The number of anilines is 1. The second-order valence-corrected chi connectivity index (χ2v) is 4.76. The molecule has 1 aromatic rings. The number of rotatable bonds is 1. The van der Waals surface area contributed by atoms with Crippen LogP contribution >= 0.6 is 23.4 Å². The topological polar surface area (TPSA) is 29.1 Å². The number of ketones is 1. The molecule has 0 aliphatic carbocycles. The summed E-state index contributed by atoms with van der Waals surface area (Å²) in [5.74, 6) is -1.88. The molecule has 1 heterocycles. The summed E-state index contributed by atoms with van der Waals surface area (Å²) in [7, 11) is 0. The van der Waals surface area contributed by atoms with Crippen LogP contribution < -0.4 is 5.32 Å². The van der Waals surface area contributed by atoms with Crippen molar-refractivity contribution in [3.63, 3.8) is 0 Å². The van der Waals surface area contributed by atoms with Crippen LogP contribution in [0.5, 0.6) is 0 Å². The number of fused-ring (bicyclic) bond motifs is 1. The highest BCUT2D eigenvalue weighted by Crippen LogP contribution is 2.42. The largest absolute Gasteiger partial charge is 0.454 e. The van der Waals surface area contributed by atoms with Crippen molar-refractivity contribution in [3.05, 3.63) is 34.3 Å². The molecule has 0 spiro atoms. The van der Waals surface area contributed by atoms with Gasteiger partial charge >= 0.3 is 6.18 Å². The molecular weight excluding hydrogens is 275 g/mol. The van der Waals surface area contributed by atoms with Crippen molar-refractivity contribution in [1.29, 1.82) is 0 Å². The first kappa shape index (κ1) is 12.3. The molecule has 0 bridgehead atoms. The molecule has 2 nitrogen and oxygen atoms in total. The predicted molar refractivity (Wildman–Crippen MR) is 60.1 cm³/mol. The van der Waals surface area contributed by atoms with Crippen molar-refractivity contribution in [1.82, 2.24) is 0 Å². The molecule has 0 radical (unpaired) electrons. The fourth-order valence-electron chi connectivity index (χ4n) is 1.23. The number of thioether (sulfide) groups is 1. The van der Waals surface area contributed by atoms with E-state index in [1.54, 1.807) is 18.2 Å². The van der Waals surface area contributed by atoms with Crippen LogP contribution in [0.4, 0.5) is 18.9 Å². The maximum absolute atomic E-state index is 12.0. The number of benzene rings is 1. The van der Waals surface area contributed by atoms with Gasteiger partial charge in [-0.1, -0.05) is 23.4 Å². The highest BCUT2D eigenvalue weighted by Gasteiger charge is 2.37. The van der Waals surface area contributed by atoms with E-state index in [0.717, 1.165) is 16.7 Å². The Morgan fingerprint density at radius 1 is 1.41 bits per heavy atom. The minimum Gasteiger partial charge on any atom is -0.349 e. The number of hydrogen-bond donors (Lipinski definition) is 1. The van der Waals surface area contributed by atoms with E-state index in [4.69, 9.17) is 11.6 Å². The number of allylic oxidation sites excluding steroid dienone is 1. The summed E-state index contributed by atoms with van der Waals surface area (Å²) in [4.78, 5) is 11.5. The van der Waals surface area contributed by atoms with E-state index >= 15 is 0 Å². The zero-order valence-corrected chi connectivity index (χ0v) is 9.71. The van der Waals surface area contributed by atoms with E-state index in [2.05, 4.69) is 5.32 Å². The first-order valence-corrected chi connectivity index (χ1v) is 5.63. The van der Waals surface area contributed by atoms with Crippen molar-refractivity contribution in [2.24, 2.45) is 0 Å². The monoisotopic (exact) mass is 279 g/mol. The van der Waals surface area contributed by atoms with Crippen molar-refractivity contribution in [2.45, 2.75) is 11.1 Å². The number of hydrogen-bond acceptors (Lipinski definition) is 3. The Morgan fingerprint density at radius 3 is 2.76 bits per heavy atom. The molecule has 0 amide bonds. The number of carbonyl (C=O) groups is 1. The fourth-order valence-corrected chi connectivity index (χ4v) is 2.32. The summed E-state index contributed by atoms with van der Waals surface area (Å²) in [6, 6.07) is 4.89. The lowest BCUT2D eigenvalue weighted by molar-refractivity contribution is -0.165. The molecule has 0 atom stereocenters. The smallest absolute Gasteiger partial charge is 0.349 e. The van der Waals surface area contributed by atoms with Crippen LogP contribution in [0.2, 0.25) is 5.02 Å². The lowest BCUT2D eigenvalue weighted by Crippen LogP contribution is -2.20. The Bertz CT molecular complexity index is 513. The van der Waals surface area contributed by atoms with E-state index in [9.17, 15) is 18.0 Å². The van der Waals surface area contributed by atoms with Crippen LogP contribution in [0, 0.1) is 0 Å². The van der Waals surface area contributed by atoms with Crippen LogP contribution in [-0.4, -0.2) is 12.0 Å². The number of halogens is 4. The first-order valence-electron chi connectivity index (χ1n) is 4.43. The maximum Gasteiger partial charge on any atom is 0.454 e. The third-order valence-electron chi connectivity index (χ3n) is 1.96. The van der Waals surface area contributed by atoms with Gasteiger partial charge < -0.3 is 5.32 Å². The van der Waals surface area contributed by atoms with Crippen LogP contribution in [-0.2, 0) is 4.79 Å². The van der Waals surface area contributed by atoms with Gasteiger partial charge in [-0.05, 0) is 18.2 Å². The normalized spacial score (nSPS) is 16.8. The van der Waals surface area contributed by atoms with Crippen LogP contribution in [0.1, 0.15) is 0 Å². The van der Waals surface area contributed by atoms with Gasteiger partial charge in [-0.2, -0.15) is 13.2 Å². The van der Waals surface area contributed by atoms with Gasteiger partial charge in [-0.25, -0.2) is 0 Å². The minimum atomic E-state index is -4.85. The molecule has 7 heteroatoms. The van der Waals surface area contributed by atoms with Gasteiger partial charge in [0.25, 0.3) is 5.78 Å². The summed E-state index contributed by atoms with van der Waals surface area (Å²) < 4.78 is 36.1. The molecule has 0 saturated carbocycles. The Kier molecular flexibility index (Phi) is 3.09. The Morgan fingerprint density at radius 2 is 2.12 bits per heavy atom. The summed E-state index contributed by atoms with van der Waals surface area (Å²) in [6.45, 7) is 0. The lowest BCUT2D eigenvalue weighted by Gasteiger charge is -2.01. The van der Waals surface area contributed by atoms with Crippen molar-refractivity contribution in [2.75, 3.05) is 5.32 Å².